The lowest BCUT2D eigenvalue weighted by Gasteiger charge is -2.21. The molecule has 2 aromatic carbocycles. The summed E-state index contributed by atoms with van der Waals surface area (Å²) >= 11 is 1.34. The third-order valence-electron chi connectivity index (χ3n) is 4.60. The minimum absolute atomic E-state index is 0.0111. The molecule has 1 heterocycles. The number of aromatic amines is 1. The fraction of sp³-hybridized carbons (Fsp3) is 0.273. The van der Waals surface area contributed by atoms with Gasteiger partial charge < -0.3 is 19.4 Å². The number of methoxy groups -OCH3 is 2. The van der Waals surface area contributed by atoms with Crippen molar-refractivity contribution >= 4 is 17.7 Å². The summed E-state index contributed by atoms with van der Waals surface area (Å²) in [5.41, 5.74) is 2.58. The molecule has 6 nitrogen and oxygen atoms in total. The molecule has 3 aromatic rings. The van der Waals surface area contributed by atoms with Crippen molar-refractivity contribution in [2.75, 3.05) is 26.5 Å². The summed E-state index contributed by atoms with van der Waals surface area (Å²) in [6, 6.07) is 11.8. The molecular weight excluding hydrogens is 405 g/mol. The Hall–Kier alpha value is -3.00. The number of amides is 1. The maximum Gasteiger partial charge on any atom is 0.233 e. The number of thioether (sulfide) groups is 1. The number of carbonyl (C=O) groups is 1. The van der Waals surface area contributed by atoms with Crippen molar-refractivity contribution in [2.45, 2.75) is 18.6 Å². The first-order chi connectivity index (χ1) is 14.5. The maximum atomic E-state index is 13.1. The first kappa shape index (κ1) is 21.7. The molecule has 1 amide bonds. The van der Waals surface area contributed by atoms with Crippen molar-refractivity contribution in [1.29, 1.82) is 0 Å². The van der Waals surface area contributed by atoms with Gasteiger partial charge in [-0.05, 0) is 54.4 Å². The quantitative estimate of drug-likeness (QED) is 0.512. The van der Waals surface area contributed by atoms with E-state index in [0.717, 1.165) is 16.8 Å². The van der Waals surface area contributed by atoms with Crippen LogP contribution in [-0.4, -0.2) is 47.3 Å². The summed E-state index contributed by atoms with van der Waals surface area (Å²) in [6.07, 6.45) is 1.68. The van der Waals surface area contributed by atoms with E-state index in [1.807, 2.05) is 25.1 Å². The van der Waals surface area contributed by atoms with Gasteiger partial charge in [-0.15, -0.1) is 0 Å². The van der Waals surface area contributed by atoms with Gasteiger partial charge in [-0.3, -0.25) is 4.79 Å². The van der Waals surface area contributed by atoms with Crippen LogP contribution in [-0.2, 0) is 11.3 Å². The van der Waals surface area contributed by atoms with Gasteiger partial charge >= 0.3 is 0 Å². The minimum Gasteiger partial charge on any atom is -0.493 e. The molecule has 0 aliphatic carbocycles. The molecule has 0 atom stereocenters. The first-order valence-corrected chi connectivity index (χ1v) is 10.4. The second-order valence-electron chi connectivity index (χ2n) is 6.49. The minimum atomic E-state index is -0.285. The molecule has 0 spiro atoms. The predicted molar refractivity (Wildman–Crippen MR) is 115 cm³/mol. The SMILES string of the molecule is CCN(Cc1ccc(OC)c(OC)c1)C(=O)CSc1ncc(-c2ccc(F)cc2)[nH]1. The average molecular weight is 430 g/mol. The van der Waals surface area contributed by atoms with Crippen molar-refractivity contribution in [1.82, 2.24) is 14.9 Å². The molecule has 0 saturated heterocycles. The lowest BCUT2D eigenvalue weighted by atomic mass is 10.2. The number of nitrogens with one attached hydrogen (secondary N) is 1. The Morgan fingerprint density at radius 3 is 2.53 bits per heavy atom. The van der Waals surface area contributed by atoms with Crippen LogP contribution in [0, 0.1) is 5.82 Å². The summed E-state index contributed by atoms with van der Waals surface area (Å²) < 4.78 is 23.7. The zero-order valence-electron chi connectivity index (χ0n) is 17.1. The Labute approximate surface area is 179 Å². The summed E-state index contributed by atoms with van der Waals surface area (Å²) in [6.45, 7) is 3.02. The van der Waals surface area contributed by atoms with Crippen LogP contribution in [0.1, 0.15) is 12.5 Å². The topological polar surface area (TPSA) is 67.5 Å². The van der Waals surface area contributed by atoms with Crippen molar-refractivity contribution in [2.24, 2.45) is 0 Å². The number of aromatic nitrogens is 2. The smallest absolute Gasteiger partial charge is 0.233 e. The van der Waals surface area contributed by atoms with Gasteiger partial charge in [0.05, 0.1) is 31.9 Å². The van der Waals surface area contributed by atoms with Crippen LogP contribution in [0.25, 0.3) is 11.3 Å². The first-order valence-electron chi connectivity index (χ1n) is 9.46. The normalized spacial score (nSPS) is 10.7. The van der Waals surface area contributed by atoms with Crippen LogP contribution in [0.3, 0.4) is 0 Å². The van der Waals surface area contributed by atoms with Crippen LogP contribution in [0.2, 0.25) is 0 Å². The summed E-state index contributed by atoms with van der Waals surface area (Å²) in [5, 5.41) is 0.643. The number of benzene rings is 2. The summed E-state index contributed by atoms with van der Waals surface area (Å²) in [5.74, 6) is 1.28. The Balaban J connectivity index is 1.60. The number of hydrogen-bond donors (Lipinski definition) is 1. The molecule has 30 heavy (non-hydrogen) atoms. The van der Waals surface area contributed by atoms with E-state index in [2.05, 4.69) is 9.97 Å². The van der Waals surface area contributed by atoms with Gasteiger partial charge in [0, 0.05) is 13.1 Å². The van der Waals surface area contributed by atoms with Crippen molar-refractivity contribution in [3.8, 4) is 22.8 Å². The van der Waals surface area contributed by atoms with E-state index < -0.39 is 0 Å². The zero-order chi connectivity index (χ0) is 21.5. The van der Waals surface area contributed by atoms with Crippen LogP contribution in [0.5, 0.6) is 11.5 Å². The number of H-pyrrole nitrogens is 1. The Bertz CT molecular complexity index is 992. The van der Waals surface area contributed by atoms with E-state index in [0.29, 0.717) is 29.7 Å². The highest BCUT2D eigenvalue weighted by molar-refractivity contribution is 7.99. The largest absolute Gasteiger partial charge is 0.493 e. The lowest BCUT2D eigenvalue weighted by Crippen LogP contribution is -2.31. The number of imidazole rings is 1. The van der Waals surface area contributed by atoms with E-state index in [9.17, 15) is 9.18 Å². The van der Waals surface area contributed by atoms with Crippen LogP contribution >= 0.6 is 11.8 Å². The van der Waals surface area contributed by atoms with E-state index in [4.69, 9.17) is 9.47 Å². The number of nitrogens with zero attached hydrogens (tertiary/aromatic N) is 2. The Morgan fingerprint density at radius 1 is 1.13 bits per heavy atom. The average Bonchev–Trinajstić information content (AvgIpc) is 3.25. The summed E-state index contributed by atoms with van der Waals surface area (Å²) in [7, 11) is 3.18. The second-order valence-corrected chi connectivity index (χ2v) is 7.46. The van der Waals surface area contributed by atoms with Crippen molar-refractivity contribution in [3.05, 3.63) is 60.0 Å². The maximum absolute atomic E-state index is 13.1. The van der Waals surface area contributed by atoms with Gasteiger partial charge in [-0.1, -0.05) is 17.8 Å². The molecule has 158 valence electrons. The summed E-state index contributed by atoms with van der Waals surface area (Å²) in [4.78, 5) is 22.0. The van der Waals surface area contributed by atoms with Gasteiger partial charge in [0.1, 0.15) is 5.82 Å². The van der Waals surface area contributed by atoms with Gasteiger partial charge in [-0.2, -0.15) is 0 Å². The van der Waals surface area contributed by atoms with Crippen LogP contribution < -0.4 is 9.47 Å². The molecule has 0 aliphatic heterocycles. The van der Waals surface area contributed by atoms with Gasteiger partial charge in [-0.25, -0.2) is 9.37 Å². The van der Waals surface area contributed by atoms with E-state index in [1.54, 1.807) is 37.4 Å². The highest BCUT2D eigenvalue weighted by Crippen LogP contribution is 2.28. The number of carbonyl (C=O) groups excluding carboxylic acids is 1. The zero-order valence-corrected chi connectivity index (χ0v) is 18.0. The standard InChI is InChI=1S/C22H24FN3O3S/c1-4-26(13-15-5-10-19(28-2)20(11-15)29-3)21(27)14-30-22-24-12-18(25-22)16-6-8-17(23)9-7-16/h5-12H,4,13-14H2,1-3H3,(H,24,25). The fourth-order valence-electron chi connectivity index (χ4n) is 2.95. The fourth-order valence-corrected chi connectivity index (χ4v) is 3.70. The van der Waals surface area contributed by atoms with Gasteiger partial charge in [0.2, 0.25) is 5.91 Å². The molecule has 0 fully saturated rings. The van der Waals surface area contributed by atoms with E-state index >= 15 is 0 Å². The third-order valence-corrected chi connectivity index (χ3v) is 5.47. The molecule has 0 saturated carbocycles. The van der Waals surface area contributed by atoms with Crippen LogP contribution in [0.15, 0.2) is 53.8 Å². The van der Waals surface area contributed by atoms with Crippen molar-refractivity contribution < 1.29 is 18.7 Å². The third kappa shape index (κ3) is 5.33. The molecule has 0 aliphatic rings. The van der Waals surface area contributed by atoms with Gasteiger partial charge in [0.15, 0.2) is 16.7 Å². The number of rotatable bonds is 9. The van der Waals surface area contributed by atoms with E-state index in [-0.39, 0.29) is 17.5 Å². The van der Waals surface area contributed by atoms with Crippen LogP contribution in [0.4, 0.5) is 4.39 Å². The second kappa shape index (κ2) is 10.2. The molecule has 1 N–H and O–H groups in total. The van der Waals surface area contributed by atoms with Gasteiger partial charge in [0.25, 0.3) is 0 Å². The molecule has 8 heteroatoms. The lowest BCUT2D eigenvalue weighted by molar-refractivity contribution is -0.128. The molecule has 0 unspecified atom stereocenters. The molecule has 0 radical (unpaired) electrons. The Morgan fingerprint density at radius 2 is 1.87 bits per heavy atom. The predicted octanol–water partition coefficient (Wildman–Crippen LogP) is 4.37. The number of halogens is 1. The molecular formula is C22H24FN3O3S. The molecule has 0 bridgehead atoms. The Kier molecular flexibility index (Phi) is 7.35. The van der Waals surface area contributed by atoms with E-state index in [1.165, 1.54) is 23.9 Å². The highest BCUT2D eigenvalue weighted by atomic mass is 32.2. The molecule has 3 rings (SSSR count). The number of ether oxygens (including phenoxy) is 2. The molecule has 1 aromatic heterocycles. The number of hydrogen-bond acceptors (Lipinski definition) is 5. The van der Waals surface area contributed by atoms with Crippen molar-refractivity contribution in [3.63, 3.8) is 0 Å². The highest BCUT2D eigenvalue weighted by Gasteiger charge is 2.15. The monoisotopic (exact) mass is 429 g/mol.